The van der Waals surface area contributed by atoms with Gasteiger partial charge in [-0.25, -0.2) is 0 Å². The molecule has 0 aliphatic heterocycles. The van der Waals surface area contributed by atoms with Crippen LogP contribution < -0.4 is 4.74 Å². The molecule has 2 aromatic rings. The molecule has 27 heavy (non-hydrogen) atoms. The third-order valence-electron chi connectivity index (χ3n) is 4.79. The van der Waals surface area contributed by atoms with E-state index in [4.69, 9.17) is 16.3 Å². The molecule has 0 unspecified atom stereocenters. The van der Waals surface area contributed by atoms with Crippen molar-refractivity contribution in [3.63, 3.8) is 0 Å². The van der Waals surface area contributed by atoms with E-state index in [1.54, 1.807) is 6.07 Å². The van der Waals surface area contributed by atoms with Gasteiger partial charge in [-0.3, -0.25) is 0 Å². The second kappa shape index (κ2) is 6.71. The van der Waals surface area contributed by atoms with Crippen LogP contribution in [0.4, 0.5) is 13.2 Å². The Labute approximate surface area is 161 Å². The molecule has 0 fully saturated rings. The summed E-state index contributed by atoms with van der Waals surface area (Å²) in [5, 5.41) is 10.9. The van der Waals surface area contributed by atoms with Crippen LogP contribution >= 0.6 is 11.6 Å². The first-order chi connectivity index (χ1) is 12.4. The number of benzene rings is 2. The van der Waals surface area contributed by atoms with Crippen molar-refractivity contribution in [3.05, 3.63) is 52.5 Å². The van der Waals surface area contributed by atoms with Crippen LogP contribution in [0.1, 0.15) is 44.7 Å². The highest BCUT2D eigenvalue weighted by atomic mass is 35.5. The van der Waals surface area contributed by atoms with Gasteiger partial charge >= 0.3 is 6.18 Å². The van der Waals surface area contributed by atoms with Crippen LogP contribution in [0.5, 0.6) is 5.75 Å². The summed E-state index contributed by atoms with van der Waals surface area (Å²) >= 11 is 6.31. The molecule has 0 saturated heterocycles. The SMILES string of the molecule is CC(C)(C)CCCOc1cc(Cl)c2c(c1)[C@@](O)(C(F)(F)F)c1ccccc1-2. The van der Waals surface area contributed by atoms with Crippen molar-refractivity contribution in [1.82, 2.24) is 0 Å². The molecule has 1 aliphatic rings. The maximum Gasteiger partial charge on any atom is 0.425 e. The molecule has 3 rings (SSSR count). The number of fused-ring (bicyclic) bond motifs is 3. The molecular weight excluding hydrogens is 377 g/mol. The Morgan fingerprint density at radius 2 is 1.74 bits per heavy atom. The number of hydrogen-bond acceptors (Lipinski definition) is 2. The minimum Gasteiger partial charge on any atom is -0.494 e. The fraction of sp³-hybridized carbons (Fsp3) is 0.429. The van der Waals surface area contributed by atoms with Gasteiger partial charge < -0.3 is 9.84 Å². The first kappa shape index (κ1) is 20.0. The number of hydrogen-bond donors (Lipinski definition) is 1. The molecule has 6 heteroatoms. The predicted molar refractivity (Wildman–Crippen MR) is 100 cm³/mol. The molecular formula is C21H22ClF3O2. The molecule has 0 heterocycles. The molecule has 0 bridgehead atoms. The lowest BCUT2D eigenvalue weighted by Crippen LogP contribution is -2.41. The Bertz CT molecular complexity index is 855. The number of ether oxygens (including phenoxy) is 1. The van der Waals surface area contributed by atoms with Gasteiger partial charge in [0, 0.05) is 16.7 Å². The van der Waals surface area contributed by atoms with Gasteiger partial charge in [0.25, 0.3) is 0 Å². The van der Waals surface area contributed by atoms with E-state index in [-0.39, 0.29) is 38.4 Å². The first-order valence-electron chi connectivity index (χ1n) is 8.81. The van der Waals surface area contributed by atoms with Crippen molar-refractivity contribution >= 4 is 11.6 Å². The molecule has 0 radical (unpaired) electrons. The number of alkyl halides is 3. The minimum atomic E-state index is -4.89. The van der Waals surface area contributed by atoms with Crippen molar-refractivity contribution in [2.24, 2.45) is 5.41 Å². The van der Waals surface area contributed by atoms with Crippen LogP contribution in [-0.4, -0.2) is 17.9 Å². The van der Waals surface area contributed by atoms with Crippen molar-refractivity contribution in [3.8, 4) is 16.9 Å². The Kier molecular flexibility index (Phi) is 4.98. The highest BCUT2D eigenvalue weighted by Crippen LogP contribution is 2.57. The summed E-state index contributed by atoms with van der Waals surface area (Å²) in [5.41, 5.74) is -2.95. The second-order valence-electron chi connectivity index (χ2n) is 8.09. The summed E-state index contributed by atoms with van der Waals surface area (Å²) in [6.07, 6.45) is -3.20. The van der Waals surface area contributed by atoms with E-state index in [0.717, 1.165) is 12.8 Å². The zero-order valence-electron chi connectivity index (χ0n) is 15.5. The van der Waals surface area contributed by atoms with Gasteiger partial charge in [0.05, 0.1) is 11.6 Å². The van der Waals surface area contributed by atoms with Crippen LogP contribution in [0.25, 0.3) is 11.1 Å². The van der Waals surface area contributed by atoms with Crippen LogP contribution in [0.2, 0.25) is 5.02 Å². The van der Waals surface area contributed by atoms with Crippen LogP contribution in [0, 0.1) is 5.41 Å². The molecule has 1 N–H and O–H groups in total. The van der Waals surface area contributed by atoms with Gasteiger partial charge in [-0.1, -0.05) is 56.6 Å². The Morgan fingerprint density at radius 3 is 2.37 bits per heavy atom. The van der Waals surface area contributed by atoms with E-state index in [2.05, 4.69) is 20.8 Å². The minimum absolute atomic E-state index is 0.131. The maximum absolute atomic E-state index is 13.9. The molecule has 2 nitrogen and oxygen atoms in total. The van der Waals surface area contributed by atoms with Crippen molar-refractivity contribution in [1.29, 1.82) is 0 Å². The largest absolute Gasteiger partial charge is 0.494 e. The fourth-order valence-electron chi connectivity index (χ4n) is 3.48. The highest BCUT2D eigenvalue weighted by molar-refractivity contribution is 6.34. The first-order valence-corrected chi connectivity index (χ1v) is 9.19. The number of aliphatic hydroxyl groups is 1. The smallest absolute Gasteiger partial charge is 0.425 e. The molecule has 2 aromatic carbocycles. The lowest BCUT2D eigenvalue weighted by atomic mass is 9.90. The highest BCUT2D eigenvalue weighted by Gasteiger charge is 2.61. The van der Waals surface area contributed by atoms with Gasteiger partial charge in [-0.15, -0.1) is 0 Å². The lowest BCUT2D eigenvalue weighted by Gasteiger charge is -2.28. The predicted octanol–water partition coefficient (Wildman–Crippen LogP) is 6.32. The standard InChI is InChI=1S/C21H22ClF3O2/c1-19(2,3)9-6-10-27-13-11-16-18(17(22)12-13)14-7-4-5-8-15(14)20(16,26)21(23,24)25/h4-5,7-8,11-12,26H,6,9-10H2,1-3H3/t20-/m1/s1. The Balaban J connectivity index is 1.99. The molecule has 1 aliphatic carbocycles. The van der Waals surface area contributed by atoms with Crippen molar-refractivity contribution in [2.45, 2.75) is 45.4 Å². The zero-order chi connectivity index (χ0) is 20.0. The summed E-state index contributed by atoms with van der Waals surface area (Å²) in [5.74, 6) is 0.225. The van der Waals surface area contributed by atoms with E-state index in [9.17, 15) is 18.3 Å². The molecule has 146 valence electrons. The fourth-order valence-corrected chi connectivity index (χ4v) is 3.79. The van der Waals surface area contributed by atoms with E-state index in [0.29, 0.717) is 6.61 Å². The molecule has 0 amide bonds. The van der Waals surface area contributed by atoms with Crippen LogP contribution in [0.15, 0.2) is 36.4 Å². The van der Waals surface area contributed by atoms with Gasteiger partial charge in [0.2, 0.25) is 5.60 Å². The number of halogens is 4. The second-order valence-corrected chi connectivity index (χ2v) is 8.50. The van der Waals surface area contributed by atoms with Gasteiger partial charge in [-0.05, 0) is 36.0 Å². The molecule has 0 aromatic heterocycles. The molecule has 0 saturated carbocycles. The Morgan fingerprint density at radius 1 is 1.07 bits per heavy atom. The topological polar surface area (TPSA) is 29.5 Å². The average Bonchev–Trinajstić information content (AvgIpc) is 2.82. The number of rotatable bonds is 4. The summed E-state index contributed by atoms with van der Waals surface area (Å²) < 4.78 is 47.3. The van der Waals surface area contributed by atoms with Crippen LogP contribution in [-0.2, 0) is 5.60 Å². The third kappa shape index (κ3) is 3.55. The lowest BCUT2D eigenvalue weighted by molar-refractivity contribution is -0.246. The average molecular weight is 399 g/mol. The van der Waals surface area contributed by atoms with Gasteiger partial charge in [0.1, 0.15) is 5.75 Å². The van der Waals surface area contributed by atoms with Crippen molar-refractivity contribution < 1.29 is 23.0 Å². The summed E-state index contributed by atoms with van der Waals surface area (Å²) in [4.78, 5) is 0. The van der Waals surface area contributed by atoms with E-state index >= 15 is 0 Å². The zero-order valence-corrected chi connectivity index (χ0v) is 16.2. The van der Waals surface area contributed by atoms with E-state index in [1.807, 2.05) is 0 Å². The van der Waals surface area contributed by atoms with Crippen LogP contribution in [0.3, 0.4) is 0 Å². The van der Waals surface area contributed by atoms with Gasteiger partial charge in [0.15, 0.2) is 0 Å². The van der Waals surface area contributed by atoms with E-state index in [1.165, 1.54) is 30.3 Å². The van der Waals surface area contributed by atoms with Gasteiger partial charge in [-0.2, -0.15) is 13.2 Å². The summed E-state index contributed by atoms with van der Waals surface area (Å²) in [6.45, 7) is 6.70. The van der Waals surface area contributed by atoms with E-state index < -0.39 is 11.8 Å². The third-order valence-corrected chi connectivity index (χ3v) is 5.09. The van der Waals surface area contributed by atoms with Crippen molar-refractivity contribution in [2.75, 3.05) is 6.61 Å². The quantitative estimate of drug-likeness (QED) is 0.610. The normalized spacial score (nSPS) is 19.0. The summed E-state index contributed by atoms with van der Waals surface area (Å²) in [6, 6.07) is 8.68. The summed E-state index contributed by atoms with van der Waals surface area (Å²) in [7, 11) is 0. The molecule has 1 atom stereocenters. The Hall–Kier alpha value is -1.72. The monoisotopic (exact) mass is 398 g/mol. The maximum atomic E-state index is 13.9. The molecule has 0 spiro atoms.